The molecule has 1 aromatic heterocycles. The summed E-state index contributed by atoms with van der Waals surface area (Å²) in [6.07, 6.45) is 4.00. The third-order valence-electron chi connectivity index (χ3n) is 5.46. The molecule has 7 heteroatoms. The van der Waals surface area contributed by atoms with Gasteiger partial charge >= 0.3 is 0 Å². The summed E-state index contributed by atoms with van der Waals surface area (Å²) in [5.41, 5.74) is 3.00. The van der Waals surface area contributed by atoms with Crippen LogP contribution in [0.25, 0.3) is 11.3 Å². The summed E-state index contributed by atoms with van der Waals surface area (Å²) in [7, 11) is 0. The van der Waals surface area contributed by atoms with E-state index in [0.717, 1.165) is 52.9 Å². The molecular formula is C24H25N3O3S. The lowest BCUT2D eigenvalue weighted by atomic mass is 10.1. The zero-order chi connectivity index (χ0) is 21.2. The molecule has 1 fully saturated rings. The maximum atomic E-state index is 13.0. The fourth-order valence-electron chi connectivity index (χ4n) is 3.70. The molecule has 2 heterocycles. The minimum atomic E-state index is -0.345. The van der Waals surface area contributed by atoms with E-state index in [2.05, 4.69) is 16.8 Å². The molecule has 160 valence electrons. The van der Waals surface area contributed by atoms with Gasteiger partial charge in [0, 0.05) is 18.2 Å². The van der Waals surface area contributed by atoms with E-state index in [1.807, 2.05) is 54.7 Å². The van der Waals surface area contributed by atoms with E-state index in [1.165, 1.54) is 11.8 Å². The van der Waals surface area contributed by atoms with E-state index in [9.17, 15) is 4.79 Å². The van der Waals surface area contributed by atoms with Gasteiger partial charge in [-0.1, -0.05) is 42.1 Å². The number of imidazole rings is 1. The van der Waals surface area contributed by atoms with Gasteiger partial charge in [0.15, 0.2) is 16.7 Å². The molecule has 0 radical (unpaired) electrons. The van der Waals surface area contributed by atoms with Gasteiger partial charge in [-0.3, -0.25) is 4.79 Å². The summed E-state index contributed by atoms with van der Waals surface area (Å²) in [5.74, 6) is 1.58. The highest BCUT2D eigenvalue weighted by Gasteiger charge is 2.30. The first-order valence-electron chi connectivity index (χ1n) is 10.7. The molecular weight excluding hydrogens is 410 g/mol. The van der Waals surface area contributed by atoms with E-state index < -0.39 is 0 Å². The van der Waals surface area contributed by atoms with E-state index in [4.69, 9.17) is 14.5 Å². The van der Waals surface area contributed by atoms with Gasteiger partial charge < -0.3 is 19.4 Å². The smallest absolute Gasteiger partial charge is 0.238 e. The van der Waals surface area contributed by atoms with Crippen LogP contribution in [0.15, 0.2) is 59.9 Å². The predicted molar refractivity (Wildman–Crippen MR) is 121 cm³/mol. The lowest BCUT2D eigenvalue weighted by molar-refractivity contribution is -0.120. The highest BCUT2D eigenvalue weighted by atomic mass is 32.2. The van der Waals surface area contributed by atoms with Gasteiger partial charge in [-0.15, -0.1) is 0 Å². The summed E-state index contributed by atoms with van der Waals surface area (Å²) in [6.45, 7) is 3.97. The third-order valence-corrected chi connectivity index (χ3v) is 6.72. The predicted octanol–water partition coefficient (Wildman–Crippen LogP) is 4.45. The second-order valence-electron chi connectivity index (χ2n) is 7.72. The van der Waals surface area contributed by atoms with Crippen molar-refractivity contribution in [2.45, 2.75) is 42.8 Å². The van der Waals surface area contributed by atoms with Gasteiger partial charge in [0.25, 0.3) is 0 Å². The quantitative estimate of drug-likeness (QED) is 0.556. The number of hydrogen-bond donors (Lipinski definition) is 1. The molecule has 2 aliphatic rings. The van der Waals surface area contributed by atoms with Crippen LogP contribution in [-0.4, -0.2) is 34.7 Å². The molecule has 0 spiro atoms. The number of carbonyl (C=O) groups is 1. The Hall–Kier alpha value is -2.93. The molecule has 31 heavy (non-hydrogen) atoms. The molecule has 6 nitrogen and oxygen atoms in total. The normalized spacial score (nSPS) is 16.0. The number of hydrogen-bond acceptors (Lipinski definition) is 5. The van der Waals surface area contributed by atoms with Crippen LogP contribution in [0.4, 0.5) is 0 Å². The number of thioether (sulfide) groups is 1. The Morgan fingerprint density at radius 3 is 2.68 bits per heavy atom. The van der Waals surface area contributed by atoms with Gasteiger partial charge in [0.1, 0.15) is 18.5 Å². The van der Waals surface area contributed by atoms with E-state index in [-0.39, 0.29) is 11.2 Å². The Labute approximate surface area is 186 Å². The number of carbonyl (C=O) groups excluding carboxylic acids is 1. The largest absolute Gasteiger partial charge is 0.486 e. The molecule has 1 aliphatic carbocycles. The molecule has 1 atom stereocenters. The number of nitrogens with zero attached hydrogens (tertiary/aromatic N) is 2. The molecule has 0 saturated heterocycles. The Balaban J connectivity index is 1.45. The van der Waals surface area contributed by atoms with Crippen LogP contribution < -0.4 is 14.8 Å². The fraction of sp³-hybridized carbons (Fsp3) is 0.333. The highest BCUT2D eigenvalue weighted by molar-refractivity contribution is 8.00. The van der Waals surface area contributed by atoms with E-state index >= 15 is 0 Å². The zero-order valence-electron chi connectivity index (χ0n) is 17.4. The third kappa shape index (κ3) is 4.28. The maximum absolute atomic E-state index is 13.0. The van der Waals surface area contributed by atoms with Gasteiger partial charge in [-0.05, 0) is 43.5 Å². The Morgan fingerprint density at radius 1 is 1.16 bits per heavy atom. The number of rotatable bonds is 7. The van der Waals surface area contributed by atoms with Gasteiger partial charge in [-0.25, -0.2) is 4.98 Å². The molecule has 1 N–H and O–H groups in total. The van der Waals surface area contributed by atoms with Crippen molar-refractivity contribution in [1.82, 2.24) is 14.9 Å². The van der Waals surface area contributed by atoms with Crippen molar-refractivity contribution in [2.24, 2.45) is 0 Å². The standard InChI is InChI=1S/C24H25N3O3S/c1-2-27-19(17-8-11-20-21(14-17)30-13-12-29-20)15-25-24(27)31-22(16-6-4-3-5-7-16)23(28)26-18-9-10-18/h3-8,11,14-15,18,22H,2,9-10,12-13H2,1H3,(H,26,28). The first kappa shape index (κ1) is 20.0. The summed E-state index contributed by atoms with van der Waals surface area (Å²) >= 11 is 1.50. The number of amides is 1. The molecule has 1 aliphatic heterocycles. The Bertz CT molecular complexity index is 1080. The topological polar surface area (TPSA) is 65.4 Å². The van der Waals surface area contributed by atoms with Crippen molar-refractivity contribution in [1.29, 1.82) is 0 Å². The first-order chi connectivity index (χ1) is 15.2. The minimum absolute atomic E-state index is 0.0465. The molecule has 1 saturated carbocycles. The molecule has 1 amide bonds. The second kappa shape index (κ2) is 8.67. The maximum Gasteiger partial charge on any atom is 0.238 e. The fourth-order valence-corrected chi connectivity index (χ4v) is 4.85. The number of nitrogens with one attached hydrogen (secondary N) is 1. The lowest BCUT2D eigenvalue weighted by Gasteiger charge is -2.20. The number of aromatic nitrogens is 2. The molecule has 1 unspecified atom stereocenters. The van der Waals surface area contributed by atoms with Crippen molar-refractivity contribution in [3.63, 3.8) is 0 Å². The summed E-state index contributed by atoms with van der Waals surface area (Å²) in [6, 6.07) is 16.2. The Morgan fingerprint density at radius 2 is 1.94 bits per heavy atom. The average Bonchev–Trinajstić information content (AvgIpc) is 3.53. The van der Waals surface area contributed by atoms with Crippen molar-refractivity contribution in [3.05, 3.63) is 60.3 Å². The van der Waals surface area contributed by atoms with Crippen LogP contribution in [0, 0.1) is 0 Å². The number of benzene rings is 2. The molecule has 5 rings (SSSR count). The summed E-state index contributed by atoms with van der Waals surface area (Å²) < 4.78 is 13.5. The van der Waals surface area contributed by atoms with Crippen LogP contribution in [-0.2, 0) is 11.3 Å². The zero-order valence-corrected chi connectivity index (χ0v) is 18.2. The van der Waals surface area contributed by atoms with Crippen molar-refractivity contribution in [2.75, 3.05) is 13.2 Å². The molecule has 3 aromatic rings. The van der Waals surface area contributed by atoms with Gasteiger partial charge in [-0.2, -0.15) is 0 Å². The number of fused-ring (bicyclic) bond motifs is 1. The van der Waals surface area contributed by atoms with Crippen LogP contribution in [0.5, 0.6) is 11.5 Å². The molecule has 2 aromatic carbocycles. The van der Waals surface area contributed by atoms with Crippen LogP contribution in [0.1, 0.15) is 30.6 Å². The minimum Gasteiger partial charge on any atom is -0.486 e. The lowest BCUT2D eigenvalue weighted by Crippen LogP contribution is -2.30. The number of ether oxygens (including phenoxy) is 2. The Kier molecular flexibility index (Phi) is 5.59. The van der Waals surface area contributed by atoms with Gasteiger partial charge in [0.2, 0.25) is 5.91 Å². The van der Waals surface area contributed by atoms with Crippen LogP contribution >= 0.6 is 11.8 Å². The van der Waals surface area contributed by atoms with E-state index in [0.29, 0.717) is 19.3 Å². The van der Waals surface area contributed by atoms with Crippen molar-refractivity contribution < 1.29 is 14.3 Å². The van der Waals surface area contributed by atoms with Crippen LogP contribution in [0.2, 0.25) is 0 Å². The molecule has 0 bridgehead atoms. The van der Waals surface area contributed by atoms with Crippen molar-refractivity contribution in [3.8, 4) is 22.8 Å². The van der Waals surface area contributed by atoms with E-state index in [1.54, 1.807) is 0 Å². The highest BCUT2D eigenvalue weighted by Crippen LogP contribution is 2.39. The average molecular weight is 436 g/mol. The summed E-state index contributed by atoms with van der Waals surface area (Å²) in [5, 5.41) is 3.64. The first-order valence-corrected chi connectivity index (χ1v) is 11.6. The second-order valence-corrected chi connectivity index (χ2v) is 8.79. The summed E-state index contributed by atoms with van der Waals surface area (Å²) in [4.78, 5) is 17.7. The SMILES string of the molecule is CCn1c(-c2ccc3c(c2)OCCO3)cnc1SC(C(=O)NC1CC1)c1ccccc1. The van der Waals surface area contributed by atoms with Gasteiger partial charge in [0.05, 0.1) is 11.9 Å². The van der Waals surface area contributed by atoms with Crippen molar-refractivity contribution >= 4 is 17.7 Å². The van der Waals surface area contributed by atoms with Crippen LogP contribution in [0.3, 0.4) is 0 Å². The monoisotopic (exact) mass is 435 g/mol.